The maximum absolute atomic E-state index is 12.5. The molecule has 1 saturated carbocycles. The molecule has 6 nitrogen and oxygen atoms in total. The number of fused-ring (bicyclic) bond motifs is 1. The van der Waals surface area contributed by atoms with Crippen LogP contribution in [0, 0.1) is 5.41 Å². The summed E-state index contributed by atoms with van der Waals surface area (Å²) in [6, 6.07) is 4.62. The van der Waals surface area contributed by atoms with Crippen LogP contribution in [0.5, 0.6) is 11.5 Å². The Balaban J connectivity index is 1.73. The molecular weight excluding hydrogens is 318 g/mol. The smallest absolute Gasteiger partial charge is 0.240 e. The number of nitrogens with one attached hydrogen (secondary N) is 1. The normalized spacial score (nSPS) is 20.2. The van der Waals surface area contributed by atoms with Crippen LogP contribution in [0.2, 0.25) is 0 Å². The number of benzene rings is 1. The van der Waals surface area contributed by atoms with Gasteiger partial charge in [0.2, 0.25) is 10.0 Å². The Morgan fingerprint density at radius 1 is 1.09 bits per heavy atom. The predicted molar refractivity (Wildman–Crippen MR) is 85.2 cm³/mol. The average molecular weight is 341 g/mol. The first-order valence-corrected chi connectivity index (χ1v) is 9.53. The maximum Gasteiger partial charge on any atom is 0.240 e. The summed E-state index contributed by atoms with van der Waals surface area (Å²) in [5, 5.41) is 9.70. The van der Waals surface area contributed by atoms with Gasteiger partial charge in [0.05, 0.1) is 4.90 Å². The fourth-order valence-electron chi connectivity index (χ4n) is 3.21. The topological polar surface area (TPSA) is 84.9 Å². The lowest BCUT2D eigenvalue weighted by molar-refractivity contribution is 0.0867. The van der Waals surface area contributed by atoms with E-state index in [0.29, 0.717) is 24.7 Å². The number of hydrogen-bond acceptors (Lipinski definition) is 5. The monoisotopic (exact) mass is 341 g/mol. The fourth-order valence-corrected chi connectivity index (χ4v) is 4.39. The van der Waals surface area contributed by atoms with Gasteiger partial charge in [-0.15, -0.1) is 0 Å². The van der Waals surface area contributed by atoms with Crippen LogP contribution < -0.4 is 14.2 Å². The van der Waals surface area contributed by atoms with Crippen LogP contribution in [-0.4, -0.2) is 39.9 Å². The van der Waals surface area contributed by atoms with Crippen molar-refractivity contribution in [3.63, 3.8) is 0 Å². The Morgan fingerprint density at radius 2 is 1.78 bits per heavy atom. The zero-order valence-electron chi connectivity index (χ0n) is 13.1. The van der Waals surface area contributed by atoms with E-state index in [9.17, 15) is 13.5 Å². The van der Waals surface area contributed by atoms with Crippen molar-refractivity contribution in [1.82, 2.24) is 4.72 Å². The van der Waals surface area contributed by atoms with Crippen molar-refractivity contribution in [2.45, 2.75) is 37.0 Å². The molecule has 1 aliphatic carbocycles. The molecule has 0 bridgehead atoms. The van der Waals surface area contributed by atoms with Gasteiger partial charge in [-0.3, -0.25) is 0 Å². The first-order valence-electron chi connectivity index (χ1n) is 8.05. The van der Waals surface area contributed by atoms with Gasteiger partial charge in [0, 0.05) is 24.6 Å². The van der Waals surface area contributed by atoms with Crippen molar-refractivity contribution in [3.8, 4) is 11.5 Å². The molecule has 0 radical (unpaired) electrons. The molecule has 7 heteroatoms. The maximum atomic E-state index is 12.5. The van der Waals surface area contributed by atoms with E-state index in [1.165, 1.54) is 12.1 Å². The minimum atomic E-state index is -3.64. The summed E-state index contributed by atoms with van der Waals surface area (Å²) >= 11 is 0. The molecule has 2 N–H and O–H groups in total. The van der Waals surface area contributed by atoms with Crippen LogP contribution in [0.25, 0.3) is 0 Å². The molecule has 3 rings (SSSR count). The minimum absolute atomic E-state index is 0.0106. The summed E-state index contributed by atoms with van der Waals surface area (Å²) in [7, 11) is -3.64. The number of sulfonamides is 1. The zero-order chi connectivity index (χ0) is 16.3. The number of hydrogen-bond donors (Lipinski definition) is 2. The van der Waals surface area contributed by atoms with Crippen LogP contribution in [0.3, 0.4) is 0 Å². The highest BCUT2D eigenvalue weighted by Gasteiger charge is 2.33. The molecule has 0 unspecified atom stereocenters. The third kappa shape index (κ3) is 3.62. The van der Waals surface area contributed by atoms with Gasteiger partial charge in [-0.25, -0.2) is 13.1 Å². The Bertz CT molecular complexity index is 652. The number of aliphatic hydroxyl groups excluding tert-OH is 1. The number of rotatable bonds is 5. The molecule has 0 amide bonds. The molecule has 128 valence electrons. The van der Waals surface area contributed by atoms with Crippen molar-refractivity contribution in [2.75, 3.05) is 26.4 Å². The largest absolute Gasteiger partial charge is 0.486 e. The van der Waals surface area contributed by atoms with Crippen molar-refractivity contribution >= 4 is 10.0 Å². The zero-order valence-corrected chi connectivity index (χ0v) is 13.9. The molecule has 1 aliphatic heterocycles. The van der Waals surface area contributed by atoms with Crippen LogP contribution in [-0.2, 0) is 10.0 Å². The second-order valence-electron chi connectivity index (χ2n) is 6.35. The van der Waals surface area contributed by atoms with E-state index in [1.54, 1.807) is 6.07 Å². The summed E-state index contributed by atoms with van der Waals surface area (Å²) in [5.41, 5.74) is -0.334. The Labute approximate surface area is 136 Å². The van der Waals surface area contributed by atoms with Gasteiger partial charge in [0.25, 0.3) is 0 Å². The highest BCUT2D eigenvalue weighted by Crippen LogP contribution is 2.36. The quantitative estimate of drug-likeness (QED) is 0.851. The minimum Gasteiger partial charge on any atom is -0.486 e. The Hall–Kier alpha value is -1.31. The van der Waals surface area contributed by atoms with Crippen LogP contribution in [0.15, 0.2) is 23.1 Å². The highest BCUT2D eigenvalue weighted by molar-refractivity contribution is 7.89. The molecule has 0 atom stereocenters. The van der Waals surface area contributed by atoms with E-state index in [2.05, 4.69) is 4.72 Å². The predicted octanol–water partition coefficient (Wildman–Crippen LogP) is 1.68. The third-order valence-corrected chi connectivity index (χ3v) is 6.11. The van der Waals surface area contributed by atoms with Crippen molar-refractivity contribution < 1.29 is 23.0 Å². The number of aliphatic hydroxyl groups is 1. The van der Waals surface area contributed by atoms with Gasteiger partial charge < -0.3 is 14.6 Å². The summed E-state index contributed by atoms with van der Waals surface area (Å²) in [4.78, 5) is 0.158. The van der Waals surface area contributed by atoms with Crippen LogP contribution >= 0.6 is 0 Å². The second kappa shape index (κ2) is 6.67. The van der Waals surface area contributed by atoms with Gasteiger partial charge in [-0.1, -0.05) is 19.3 Å². The average Bonchev–Trinajstić information content (AvgIpc) is 2.60. The van der Waals surface area contributed by atoms with E-state index in [4.69, 9.17) is 9.47 Å². The summed E-state index contributed by atoms with van der Waals surface area (Å²) < 4.78 is 38.6. The van der Waals surface area contributed by atoms with E-state index >= 15 is 0 Å². The van der Waals surface area contributed by atoms with Gasteiger partial charge in [0.1, 0.15) is 13.2 Å². The van der Waals surface area contributed by atoms with Crippen molar-refractivity contribution in [1.29, 1.82) is 0 Å². The van der Waals surface area contributed by atoms with Crippen LogP contribution in [0.1, 0.15) is 32.1 Å². The van der Waals surface area contributed by atoms with E-state index < -0.39 is 10.0 Å². The second-order valence-corrected chi connectivity index (χ2v) is 8.12. The molecule has 1 fully saturated rings. The molecule has 1 aromatic rings. The standard InChI is InChI=1S/C16H23NO5S/c18-12-16(6-2-1-3-7-16)11-17-23(19,20)13-4-5-14-15(10-13)22-9-8-21-14/h4-5,10,17-18H,1-3,6-9,11-12H2. The molecule has 0 aromatic heterocycles. The van der Waals surface area contributed by atoms with Gasteiger partial charge >= 0.3 is 0 Å². The molecule has 2 aliphatic rings. The summed E-state index contributed by atoms with van der Waals surface area (Å²) in [6.45, 7) is 1.16. The van der Waals surface area contributed by atoms with Gasteiger partial charge in [0.15, 0.2) is 11.5 Å². The lowest BCUT2D eigenvalue weighted by Crippen LogP contribution is -2.41. The Kier molecular flexibility index (Phi) is 4.79. The number of ether oxygens (including phenoxy) is 2. The van der Waals surface area contributed by atoms with E-state index in [1.807, 2.05) is 0 Å². The highest BCUT2D eigenvalue weighted by atomic mass is 32.2. The first-order chi connectivity index (χ1) is 11.0. The molecular formula is C16H23NO5S. The Morgan fingerprint density at radius 3 is 2.48 bits per heavy atom. The molecule has 0 spiro atoms. The molecule has 0 saturated heterocycles. The fraction of sp³-hybridized carbons (Fsp3) is 0.625. The lowest BCUT2D eigenvalue weighted by Gasteiger charge is -2.35. The van der Waals surface area contributed by atoms with E-state index in [-0.39, 0.29) is 23.5 Å². The molecule has 1 heterocycles. The summed E-state index contributed by atoms with van der Waals surface area (Å²) in [6.07, 6.45) is 4.93. The molecule has 23 heavy (non-hydrogen) atoms. The van der Waals surface area contributed by atoms with Gasteiger partial charge in [-0.2, -0.15) is 0 Å². The lowest BCUT2D eigenvalue weighted by atomic mass is 9.75. The van der Waals surface area contributed by atoms with Crippen molar-refractivity contribution in [2.24, 2.45) is 5.41 Å². The molecule has 1 aromatic carbocycles. The van der Waals surface area contributed by atoms with Crippen LogP contribution in [0.4, 0.5) is 0 Å². The summed E-state index contributed by atoms with van der Waals surface area (Å²) in [5.74, 6) is 1.02. The SMILES string of the molecule is O=S(=O)(NCC1(CO)CCCCC1)c1ccc2c(c1)OCCO2. The van der Waals surface area contributed by atoms with E-state index in [0.717, 1.165) is 32.1 Å². The van der Waals surface area contributed by atoms with Crippen molar-refractivity contribution in [3.05, 3.63) is 18.2 Å². The third-order valence-electron chi connectivity index (χ3n) is 4.71. The van der Waals surface area contributed by atoms with Gasteiger partial charge in [-0.05, 0) is 25.0 Å². The first kappa shape index (κ1) is 16.5.